The Kier molecular flexibility index (Phi) is 7.33. The van der Waals surface area contributed by atoms with E-state index in [4.69, 9.17) is 4.74 Å². The lowest BCUT2D eigenvalue weighted by Gasteiger charge is -2.06. The van der Waals surface area contributed by atoms with Gasteiger partial charge in [-0.3, -0.25) is 25.4 Å². The molecule has 2 N–H and O–H groups in total. The molecule has 6 heteroatoms. The largest absolute Gasteiger partial charge is 0.487 e. The van der Waals surface area contributed by atoms with Crippen LogP contribution in [0.4, 0.5) is 0 Å². The fraction of sp³-hybridized carbons (Fsp3) is 0.125. The lowest BCUT2D eigenvalue weighted by molar-refractivity contribution is -0.117. The van der Waals surface area contributed by atoms with E-state index in [1.807, 2.05) is 61.5 Å². The van der Waals surface area contributed by atoms with Crippen molar-refractivity contribution in [2.45, 2.75) is 20.0 Å². The normalized spacial score (nSPS) is 10.6. The van der Waals surface area contributed by atoms with Gasteiger partial charge < -0.3 is 4.74 Å². The Balaban J connectivity index is 1.45. The minimum Gasteiger partial charge on any atom is -0.487 e. The van der Waals surface area contributed by atoms with Crippen LogP contribution in [-0.4, -0.2) is 16.8 Å². The number of hydrogen-bond donors (Lipinski definition) is 2. The summed E-state index contributed by atoms with van der Waals surface area (Å²) in [6.45, 7) is 2.43. The number of nitrogens with one attached hydrogen (secondary N) is 2. The average molecular weight is 401 g/mol. The number of carbonyl (C=O) groups is 2. The second-order valence-electron chi connectivity index (χ2n) is 6.51. The van der Waals surface area contributed by atoms with Crippen molar-refractivity contribution in [1.29, 1.82) is 0 Å². The smallest absolute Gasteiger partial charge is 0.269 e. The fourth-order valence-corrected chi connectivity index (χ4v) is 2.61. The van der Waals surface area contributed by atoms with Gasteiger partial charge in [-0.25, -0.2) is 0 Å². The molecule has 0 aliphatic carbocycles. The molecule has 0 radical (unpaired) electrons. The van der Waals surface area contributed by atoms with Crippen LogP contribution >= 0.6 is 0 Å². The molecule has 2 aromatic carbocycles. The van der Waals surface area contributed by atoms with Crippen molar-refractivity contribution in [3.8, 4) is 5.75 Å². The van der Waals surface area contributed by atoms with E-state index in [9.17, 15) is 9.59 Å². The van der Waals surface area contributed by atoms with E-state index in [-0.39, 0.29) is 5.91 Å². The zero-order valence-corrected chi connectivity index (χ0v) is 16.7. The maximum Gasteiger partial charge on any atom is 0.269 e. The summed E-state index contributed by atoms with van der Waals surface area (Å²) in [4.78, 5) is 28.2. The maximum absolute atomic E-state index is 12.1. The molecule has 0 fully saturated rings. The summed E-state index contributed by atoms with van der Waals surface area (Å²) in [5, 5.41) is 0. The number of ether oxygens (including phenoxy) is 1. The number of hydrogen-bond acceptors (Lipinski definition) is 4. The van der Waals surface area contributed by atoms with E-state index < -0.39 is 5.91 Å². The number of pyridine rings is 1. The molecule has 0 saturated carbocycles. The molecule has 1 heterocycles. The van der Waals surface area contributed by atoms with Crippen LogP contribution in [0.2, 0.25) is 0 Å². The summed E-state index contributed by atoms with van der Waals surface area (Å²) < 4.78 is 5.68. The number of amides is 2. The standard InChI is InChI=1S/C24H23N3O3/c1-2-18-6-11-20(12-7-18)24(29)27-26-23(28)15-10-19-8-13-22(14-9-19)30-17-21-5-3-4-16-25-21/h3-16H,2,17H2,1H3,(H,26,28)(H,27,29)/b15-10+. The van der Waals surface area contributed by atoms with E-state index in [1.165, 1.54) is 6.08 Å². The summed E-state index contributed by atoms with van der Waals surface area (Å²) in [5.41, 5.74) is 8.08. The van der Waals surface area contributed by atoms with Crippen LogP contribution in [0.3, 0.4) is 0 Å². The Morgan fingerprint density at radius 2 is 1.73 bits per heavy atom. The Morgan fingerprint density at radius 3 is 2.40 bits per heavy atom. The quantitative estimate of drug-likeness (QED) is 0.467. The Labute approximate surface area is 175 Å². The predicted octanol–water partition coefficient (Wildman–Crippen LogP) is 3.70. The summed E-state index contributed by atoms with van der Waals surface area (Å²) in [7, 11) is 0. The first-order valence-electron chi connectivity index (χ1n) is 9.64. The summed E-state index contributed by atoms with van der Waals surface area (Å²) in [6, 6.07) is 20.2. The Hall–Kier alpha value is -3.93. The molecule has 0 unspecified atom stereocenters. The van der Waals surface area contributed by atoms with Crippen LogP contribution in [0.15, 0.2) is 79.0 Å². The lowest BCUT2D eigenvalue weighted by atomic mass is 10.1. The first kappa shape index (κ1) is 20.8. The van der Waals surface area contributed by atoms with Crippen molar-refractivity contribution in [2.75, 3.05) is 0 Å². The number of aryl methyl sites for hydroxylation is 1. The molecule has 3 aromatic rings. The van der Waals surface area contributed by atoms with Crippen LogP contribution < -0.4 is 15.6 Å². The monoisotopic (exact) mass is 401 g/mol. The van der Waals surface area contributed by atoms with Crippen LogP contribution in [0.1, 0.15) is 34.1 Å². The minimum atomic E-state index is -0.427. The van der Waals surface area contributed by atoms with Gasteiger partial charge in [0, 0.05) is 17.8 Å². The van der Waals surface area contributed by atoms with Crippen LogP contribution in [-0.2, 0) is 17.8 Å². The lowest BCUT2D eigenvalue weighted by Crippen LogP contribution is -2.40. The molecule has 6 nitrogen and oxygen atoms in total. The van der Waals surface area contributed by atoms with Gasteiger partial charge in [0.05, 0.1) is 5.69 Å². The van der Waals surface area contributed by atoms with E-state index in [0.717, 1.165) is 23.2 Å². The van der Waals surface area contributed by atoms with Gasteiger partial charge >= 0.3 is 0 Å². The highest BCUT2D eigenvalue weighted by atomic mass is 16.5. The third kappa shape index (κ3) is 6.31. The Morgan fingerprint density at radius 1 is 0.967 bits per heavy atom. The van der Waals surface area contributed by atoms with Gasteiger partial charge in [-0.2, -0.15) is 0 Å². The van der Waals surface area contributed by atoms with Crippen molar-refractivity contribution in [1.82, 2.24) is 15.8 Å². The van der Waals surface area contributed by atoms with Crippen molar-refractivity contribution < 1.29 is 14.3 Å². The molecule has 0 bridgehead atoms. The van der Waals surface area contributed by atoms with Gasteiger partial charge in [0.1, 0.15) is 12.4 Å². The molecule has 0 aliphatic rings. The Bertz CT molecular complexity index is 998. The third-order valence-electron chi connectivity index (χ3n) is 4.34. The van der Waals surface area contributed by atoms with Crippen LogP contribution in [0, 0.1) is 0 Å². The highest BCUT2D eigenvalue weighted by Gasteiger charge is 2.05. The molecule has 3 rings (SSSR count). The van der Waals surface area contributed by atoms with Gasteiger partial charge in [0.25, 0.3) is 11.8 Å². The third-order valence-corrected chi connectivity index (χ3v) is 4.34. The number of rotatable bonds is 7. The number of nitrogens with zero attached hydrogens (tertiary/aromatic N) is 1. The van der Waals surface area contributed by atoms with Crippen molar-refractivity contribution in [2.24, 2.45) is 0 Å². The zero-order valence-electron chi connectivity index (χ0n) is 16.7. The second-order valence-corrected chi connectivity index (χ2v) is 6.51. The van der Waals surface area contributed by atoms with Crippen molar-refractivity contribution in [3.63, 3.8) is 0 Å². The van der Waals surface area contributed by atoms with Crippen LogP contribution in [0.25, 0.3) is 6.08 Å². The highest BCUT2D eigenvalue weighted by molar-refractivity contribution is 5.97. The molecule has 30 heavy (non-hydrogen) atoms. The predicted molar refractivity (Wildman–Crippen MR) is 115 cm³/mol. The fourth-order valence-electron chi connectivity index (χ4n) is 2.61. The SMILES string of the molecule is CCc1ccc(C(=O)NNC(=O)/C=C/c2ccc(OCc3ccccn3)cc2)cc1. The van der Waals surface area contributed by atoms with Gasteiger partial charge in [-0.15, -0.1) is 0 Å². The molecule has 0 aliphatic heterocycles. The highest BCUT2D eigenvalue weighted by Crippen LogP contribution is 2.14. The van der Waals surface area contributed by atoms with Gasteiger partial charge in [0.15, 0.2) is 0 Å². The topological polar surface area (TPSA) is 80.3 Å². The van der Waals surface area contributed by atoms with E-state index in [0.29, 0.717) is 17.9 Å². The summed E-state index contributed by atoms with van der Waals surface area (Å²) in [5.74, 6) is -0.0820. The summed E-state index contributed by atoms with van der Waals surface area (Å²) >= 11 is 0. The molecule has 1 aromatic heterocycles. The van der Waals surface area contributed by atoms with Crippen molar-refractivity contribution in [3.05, 3.63) is 101 Å². The minimum absolute atomic E-state index is 0.367. The molecule has 0 spiro atoms. The van der Waals surface area contributed by atoms with Gasteiger partial charge in [-0.1, -0.05) is 37.3 Å². The molecule has 0 atom stereocenters. The van der Waals surface area contributed by atoms with Gasteiger partial charge in [0.2, 0.25) is 0 Å². The number of benzene rings is 2. The molecular formula is C24H23N3O3. The van der Waals surface area contributed by atoms with Crippen molar-refractivity contribution >= 4 is 17.9 Å². The van der Waals surface area contributed by atoms with Gasteiger partial charge in [-0.05, 0) is 60.0 Å². The number of hydrazine groups is 1. The molecular weight excluding hydrogens is 378 g/mol. The molecule has 0 saturated heterocycles. The molecule has 152 valence electrons. The average Bonchev–Trinajstić information content (AvgIpc) is 2.81. The van der Waals surface area contributed by atoms with E-state index in [1.54, 1.807) is 24.4 Å². The van der Waals surface area contributed by atoms with E-state index in [2.05, 4.69) is 15.8 Å². The van der Waals surface area contributed by atoms with E-state index >= 15 is 0 Å². The maximum atomic E-state index is 12.1. The van der Waals surface area contributed by atoms with Crippen LogP contribution in [0.5, 0.6) is 5.75 Å². The zero-order chi connectivity index (χ0) is 21.2. The first-order chi connectivity index (χ1) is 14.6. The first-order valence-corrected chi connectivity index (χ1v) is 9.64. The number of carbonyl (C=O) groups excluding carboxylic acids is 2. The second kappa shape index (κ2) is 10.6. The summed E-state index contributed by atoms with van der Waals surface area (Å²) in [6.07, 6.45) is 5.63. The number of aromatic nitrogens is 1. The molecule has 2 amide bonds.